The van der Waals surface area contributed by atoms with Gasteiger partial charge in [0.25, 0.3) is 0 Å². The normalized spacial score (nSPS) is 22.9. The van der Waals surface area contributed by atoms with Crippen molar-refractivity contribution in [2.45, 2.75) is 88.7 Å². The molecule has 2 aliphatic rings. The van der Waals surface area contributed by atoms with E-state index in [4.69, 9.17) is 4.74 Å². The molecular formula is C29H47F2N3O3. The van der Waals surface area contributed by atoms with Gasteiger partial charge in [0, 0.05) is 58.2 Å². The SMILES string of the molecule is CNC[C@H](CC1CCC(F)(F)CC1)NC(=O)N1CCC[C@@H]([C@@](O)(CCCCOC)c2cccc(C)c2)C1. The molecule has 3 atom stereocenters. The number of methoxy groups -OCH3 is 1. The third kappa shape index (κ3) is 8.62. The van der Waals surface area contributed by atoms with Gasteiger partial charge in [-0.3, -0.25) is 0 Å². The smallest absolute Gasteiger partial charge is 0.317 e. The summed E-state index contributed by atoms with van der Waals surface area (Å²) >= 11 is 0. The van der Waals surface area contributed by atoms with Gasteiger partial charge in [0.05, 0.1) is 5.60 Å². The van der Waals surface area contributed by atoms with E-state index >= 15 is 0 Å². The first-order chi connectivity index (χ1) is 17.7. The Labute approximate surface area is 221 Å². The van der Waals surface area contributed by atoms with Crippen molar-refractivity contribution in [3.63, 3.8) is 0 Å². The van der Waals surface area contributed by atoms with Gasteiger partial charge in [0.15, 0.2) is 0 Å². The Hall–Kier alpha value is -1.77. The van der Waals surface area contributed by atoms with Gasteiger partial charge in [-0.2, -0.15) is 0 Å². The van der Waals surface area contributed by atoms with Crippen molar-refractivity contribution in [3.8, 4) is 0 Å². The summed E-state index contributed by atoms with van der Waals surface area (Å²) in [5.41, 5.74) is 1.00. The van der Waals surface area contributed by atoms with Crippen LogP contribution >= 0.6 is 0 Å². The molecule has 3 N–H and O–H groups in total. The average molecular weight is 524 g/mol. The number of hydrogen-bond donors (Lipinski definition) is 3. The molecule has 1 heterocycles. The van der Waals surface area contributed by atoms with Crippen LogP contribution in [0, 0.1) is 18.8 Å². The van der Waals surface area contributed by atoms with Crippen LogP contribution in [0.3, 0.4) is 0 Å². The fourth-order valence-electron chi connectivity index (χ4n) is 6.13. The number of unbranched alkanes of at least 4 members (excludes halogenated alkanes) is 1. The van der Waals surface area contributed by atoms with Crippen molar-refractivity contribution < 1.29 is 23.4 Å². The second-order valence-electron chi connectivity index (χ2n) is 11.3. The molecular weight excluding hydrogens is 476 g/mol. The second-order valence-corrected chi connectivity index (χ2v) is 11.3. The van der Waals surface area contributed by atoms with Crippen LogP contribution in [0.4, 0.5) is 13.6 Å². The van der Waals surface area contributed by atoms with Gasteiger partial charge >= 0.3 is 6.03 Å². The summed E-state index contributed by atoms with van der Waals surface area (Å²) in [6.45, 7) is 4.43. The molecule has 1 aromatic carbocycles. The van der Waals surface area contributed by atoms with E-state index in [1.165, 1.54) is 0 Å². The number of alkyl halides is 2. The number of nitrogens with one attached hydrogen (secondary N) is 2. The number of urea groups is 1. The zero-order valence-corrected chi connectivity index (χ0v) is 22.9. The molecule has 1 aliphatic heterocycles. The molecule has 0 unspecified atom stereocenters. The molecule has 3 rings (SSSR count). The quantitative estimate of drug-likeness (QED) is 0.328. The average Bonchev–Trinajstić information content (AvgIpc) is 2.88. The lowest BCUT2D eigenvalue weighted by atomic mass is 9.74. The van der Waals surface area contributed by atoms with E-state index in [1.54, 1.807) is 7.11 Å². The number of piperidine rings is 1. The lowest BCUT2D eigenvalue weighted by Crippen LogP contribution is -2.54. The van der Waals surface area contributed by atoms with Gasteiger partial charge in [0.2, 0.25) is 5.92 Å². The molecule has 0 aromatic heterocycles. The van der Waals surface area contributed by atoms with E-state index in [0.717, 1.165) is 36.8 Å². The fourth-order valence-corrected chi connectivity index (χ4v) is 6.13. The number of nitrogens with zero attached hydrogens (tertiary/aromatic N) is 1. The van der Waals surface area contributed by atoms with Crippen molar-refractivity contribution >= 4 is 6.03 Å². The first kappa shape index (κ1) is 29.8. The molecule has 8 heteroatoms. The minimum Gasteiger partial charge on any atom is -0.385 e. The number of likely N-dealkylation sites (N-methyl/N-ethyl adjacent to an activating group) is 1. The number of likely N-dealkylation sites (tertiary alicyclic amines) is 1. The molecule has 0 bridgehead atoms. The zero-order chi connectivity index (χ0) is 26.9. The highest BCUT2D eigenvalue weighted by atomic mass is 19.3. The van der Waals surface area contributed by atoms with E-state index in [-0.39, 0.29) is 36.8 Å². The highest BCUT2D eigenvalue weighted by molar-refractivity contribution is 5.74. The van der Waals surface area contributed by atoms with E-state index in [0.29, 0.717) is 51.9 Å². The summed E-state index contributed by atoms with van der Waals surface area (Å²) in [5.74, 6) is -2.41. The monoisotopic (exact) mass is 523 g/mol. The Morgan fingerprint density at radius 2 is 2.03 bits per heavy atom. The molecule has 1 aliphatic carbocycles. The summed E-state index contributed by atoms with van der Waals surface area (Å²) in [6.07, 6.45) is 5.60. The van der Waals surface area contributed by atoms with E-state index in [2.05, 4.69) is 16.7 Å². The van der Waals surface area contributed by atoms with Gasteiger partial charge in [-0.1, -0.05) is 29.8 Å². The lowest BCUT2D eigenvalue weighted by Gasteiger charge is -2.43. The van der Waals surface area contributed by atoms with Crippen LogP contribution in [0.2, 0.25) is 0 Å². The Kier molecular flexibility index (Phi) is 11.2. The van der Waals surface area contributed by atoms with Crippen LogP contribution in [0.5, 0.6) is 0 Å². The van der Waals surface area contributed by atoms with Crippen molar-refractivity contribution in [1.82, 2.24) is 15.5 Å². The third-order valence-electron chi connectivity index (χ3n) is 8.29. The summed E-state index contributed by atoms with van der Waals surface area (Å²) < 4.78 is 32.4. The number of rotatable bonds is 12. The third-order valence-corrected chi connectivity index (χ3v) is 8.29. The predicted molar refractivity (Wildman–Crippen MR) is 143 cm³/mol. The number of ether oxygens (including phenoxy) is 1. The van der Waals surface area contributed by atoms with Gasteiger partial charge in [-0.25, -0.2) is 13.6 Å². The van der Waals surface area contributed by atoms with Crippen LogP contribution in [-0.2, 0) is 10.3 Å². The van der Waals surface area contributed by atoms with E-state index in [1.807, 2.05) is 37.1 Å². The largest absolute Gasteiger partial charge is 0.385 e. The van der Waals surface area contributed by atoms with Crippen LogP contribution < -0.4 is 10.6 Å². The Morgan fingerprint density at radius 3 is 2.70 bits per heavy atom. The fraction of sp³-hybridized carbons (Fsp3) is 0.759. The number of carbonyl (C=O) groups is 1. The van der Waals surface area contributed by atoms with Gasteiger partial charge in [0.1, 0.15) is 0 Å². The Morgan fingerprint density at radius 1 is 1.27 bits per heavy atom. The Bertz CT molecular complexity index is 845. The maximum atomic E-state index is 13.6. The van der Waals surface area contributed by atoms with E-state index < -0.39 is 11.5 Å². The second kappa shape index (κ2) is 13.9. The number of benzene rings is 1. The highest BCUT2D eigenvalue weighted by Gasteiger charge is 2.41. The first-order valence-electron chi connectivity index (χ1n) is 14.0. The number of aliphatic hydroxyl groups is 1. The number of carbonyl (C=O) groups excluding carboxylic acids is 1. The molecule has 210 valence electrons. The number of halogens is 2. The first-order valence-corrected chi connectivity index (χ1v) is 14.0. The summed E-state index contributed by atoms with van der Waals surface area (Å²) in [5, 5.41) is 18.4. The zero-order valence-electron chi connectivity index (χ0n) is 22.9. The maximum absolute atomic E-state index is 13.6. The van der Waals surface area contributed by atoms with Gasteiger partial charge in [-0.15, -0.1) is 0 Å². The lowest BCUT2D eigenvalue weighted by molar-refractivity contribution is -0.0567. The van der Waals surface area contributed by atoms with Gasteiger partial charge in [-0.05, 0) is 76.8 Å². The minimum absolute atomic E-state index is 0.0619. The molecule has 1 aromatic rings. The van der Waals surface area contributed by atoms with Crippen LogP contribution in [-0.4, -0.2) is 68.4 Å². The molecule has 0 radical (unpaired) electrons. The molecule has 2 amide bonds. The Balaban J connectivity index is 1.66. The minimum atomic E-state index is -2.54. The van der Waals surface area contributed by atoms with Crippen molar-refractivity contribution in [1.29, 1.82) is 0 Å². The number of aryl methyl sites for hydroxylation is 1. The molecule has 0 spiro atoms. The molecule has 37 heavy (non-hydrogen) atoms. The highest BCUT2D eigenvalue weighted by Crippen LogP contribution is 2.40. The van der Waals surface area contributed by atoms with Crippen molar-refractivity contribution in [3.05, 3.63) is 35.4 Å². The summed E-state index contributed by atoms with van der Waals surface area (Å²) in [7, 11) is 3.53. The van der Waals surface area contributed by atoms with E-state index in [9.17, 15) is 18.7 Å². The van der Waals surface area contributed by atoms with Crippen molar-refractivity contribution in [2.75, 3.05) is 40.4 Å². The van der Waals surface area contributed by atoms with Crippen molar-refractivity contribution in [2.24, 2.45) is 11.8 Å². The van der Waals surface area contributed by atoms with Gasteiger partial charge < -0.3 is 25.4 Å². The number of amides is 2. The van der Waals surface area contributed by atoms with Crippen LogP contribution in [0.25, 0.3) is 0 Å². The maximum Gasteiger partial charge on any atom is 0.317 e. The molecule has 6 nitrogen and oxygen atoms in total. The predicted octanol–water partition coefficient (Wildman–Crippen LogP) is 5.22. The summed E-state index contributed by atoms with van der Waals surface area (Å²) in [4.78, 5) is 15.2. The topological polar surface area (TPSA) is 73.8 Å². The molecule has 1 saturated heterocycles. The molecule has 2 fully saturated rings. The van der Waals surface area contributed by atoms with Crippen LogP contribution in [0.1, 0.15) is 75.3 Å². The number of hydrogen-bond acceptors (Lipinski definition) is 4. The standard InChI is InChI=1S/C29H47F2N3O3/c1-22-8-6-9-24(18-22)29(36,13-4-5-17-37-3)25-10-7-16-34(21-25)27(35)33-26(20-32-2)19-23-11-14-28(30,31)15-12-23/h6,8-9,18,23,25-26,32,36H,4-5,7,10-17,19-21H2,1-3H3,(H,33,35)/t25-,26+,29-/m1/s1. The summed E-state index contributed by atoms with van der Waals surface area (Å²) in [6, 6.07) is 7.84. The van der Waals surface area contributed by atoms with Crippen LogP contribution in [0.15, 0.2) is 24.3 Å². The molecule has 1 saturated carbocycles.